The van der Waals surface area contributed by atoms with Gasteiger partial charge in [0.05, 0.1) is 11.9 Å². The highest BCUT2D eigenvalue weighted by Gasteiger charge is 2.12. The van der Waals surface area contributed by atoms with Gasteiger partial charge in [0.2, 0.25) is 0 Å². The minimum absolute atomic E-state index is 0.0906. The van der Waals surface area contributed by atoms with E-state index in [4.69, 9.17) is 0 Å². The number of halogens is 1. The molecule has 0 aliphatic rings. The number of carbonyl (C=O) groups excluding carboxylic acids is 1. The minimum atomic E-state index is -0.380. The first-order valence-electron chi connectivity index (χ1n) is 5.09. The van der Waals surface area contributed by atoms with E-state index in [1.165, 1.54) is 11.8 Å². The van der Waals surface area contributed by atoms with Crippen molar-refractivity contribution in [2.24, 2.45) is 0 Å². The molecule has 0 radical (unpaired) electrons. The number of thioether (sulfide) groups is 1. The zero-order chi connectivity index (χ0) is 12.1. The summed E-state index contributed by atoms with van der Waals surface area (Å²) in [6.07, 6.45) is -0.380. The SMILES string of the molecule is CC(O)C(C)SCC(=O)c1ccc(I)cc1. The van der Waals surface area contributed by atoms with Crippen molar-refractivity contribution in [1.82, 2.24) is 0 Å². The second-order valence-corrected chi connectivity index (χ2v) is 6.30. The average molecular weight is 350 g/mol. The predicted octanol–water partition coefficient (Wildman–Crippen LogP) is 2.98. The molecule has 0 saturated carbocycles. The van der Waals surface area contributed by atoms with Crippen LogP contribution in [0.4, 0.5) is 0 Å². The van der Waals surface area contributed by atoms with Gasteiger partial charge in [-0.25, -0.2) is 0 Å². The number of hydrogen-bond donors (Lipinski definition) is 1. The molecule has 0 fully saturated rings. The molecule has 2 unspecified atom stereocenters. The van der Waals surface area contributed by atoms with E-state index in [1.807, 2.05) is 31.2 Å². The minimum Gasteiger partial charge on any atom is -0.392 e. The largest absolute Gasteiger partial charge is 0.392 e. The summed E-state index contributed by atoms with van der Waals surface area (Å²) in [6, 6.07) is 7.54. The third kappa shape index (κ3) is 4.43. The zero-order valence-electron chi connectivity index (χ0n) is 9.31. The van der Waals surface area contributed by atoms with Crippen LogP contribution in [0.15, 0.2) is 24.3 Å². The summed E-state index contributed by atoms with van der Waals surface area (Å²) < 4.78 is 1.12. The van der Waals surface area contributed by atoms with E-state index in [9.17, 15) is 9.90 Å². The number of aliphatic hydroxyl groups is 1. The van der Waals surface area contributed by atoms with Gasteiger partial charge in [-0.1, -0.05) is 19.1 Å². The van der Waals surface area contributed by atoms with Gasteiger partial charge in [-0.2, -0.15) is 0 Å². The zero-order valence-corrected chi connectivity index (χ0v) is 12.3. The number of Topliss-reactive ketones (excluding diaryl/α,β-unsaturated/α-hetero) is 1. The molecule has 0 aliphatic carbocycles. The molecule has 16 heavy (non-hydrogen) atoms. The summed E-state index contributed by atoms with van der Waals surface area (Å²) >= 11 is 3.70. The summed E-state index contributed by atoms with van der Waals surface area (Å²) in [7, 11) is 0. The van der Waals surface area contributed by atoms with Gasteiger partial charge < -0.3 is 5.11 Å². The highest BCUT2D eigenvalue weighted by molar-refractivity contribution is 14.1. The van der Waals surface area contributed by atoms with Gasteiger partial charge >= 0.3 is 0 Å². The van der Waals surface area contributed by atoms with E-state index in [-0.39, 0.29) is 17.1 Å². The Morgan fingerprint density at radius 3 is 2.44 bits per heavy atom. The Balaban J connectivity index is 2.50. The predicted molar refractivity (Wildman–Crippen MR) is 77.1 cm³/mol. The lowest BCUT2D eigenvalue weighted by molar-refractivity contribution is 0.102. The summed E-state index contributed by atoms with van der Waals surface area (Å²) in [6.45, 7) is 3.67. The lowest BCUT2D eigenvalue weighted by Gasteiger charge is -2.13. The molecule has 0 heterocycles. The molecule has 88 valence electrons. The van der Waals surface area contributed by atoms with Crippen molar-refractivity contribution in [3.8, 4) is 0 Å². The number of aliphatic hydroxyl groups excluding tert-OH is 1. The molecule has 1 aromatic carbocycles. The second kappa shape index (κ2) is 6.61. The van der Waals surface area contributed by atoms with Crippen LogP contribution in [0.25, 0.3) is 0 Å². The highest BCUT2D eigenvalue weighted by Crippen LogP contribution is 2.16. The third-order valence-corrected chi connectivity index (χ3v) is 4.39. The normalized spacial score (nSPS) is 14.5. The third-order valence-electron chi connectivity index (χ3n) is 2.32. The van der Waals surface area contributed by atoms with Crippen LogP contribution in [0.2, 0.25) is 0 Å². The Hall–Kier alpha value is -0.0700. The maximum absolute atomic E-state index is 11.8. The molecular formula is C12H15IO2S. The first kappa shape index (κ1) is 14.0. The number of benzene rings is 1. The molecule has 0 aromatic heterocycles. The van der Waals surface area contributed by atoms with Crippen LogP contribution in [0.5, 0.6) is 0 Å². The van der Waals surface area contributed by atoms with Crippen LogP contribution < -0.4 is 0 Å². The molecule has 1 aromatic rings. The fourth-order valence-corrected chi connectivity index (χ4v) is 2.28. The maximum atomic E-state index is 11.8. The standard InChI is InChI=1S/C12H15IO2S/c1-8(14)9(2)16-7-12(15)10-3-5-11(13)6-4-10/h3-6,8-9,14H,7H2,1-2H3. The van der Waals surface area contributed by atoms with Crippen molar-refractivity contribution >= 4 is 40.1 Å². The van der Waals surface area contributed by atoms with Gasteiger partial charge in [0.25, 0.3) is 0 Å². The number of rotatable bonds is 5. The van der Waals surface area contributed by atoms with Gasteiger partial charge in [-0.3, -0.25) is 4.79 Å². The monoisotopic (exact) mass is 350 g/mol. The number of hydrogen-bond acceptors (Lipinski definition) is 3. The van der Waals surface area contributed by atoms with E-state index in [2.05, 4.69) is 22.6 Å². The highest BCUT2D eigenvalue weighted by atomic mass is 127. The molecule has 1 N–H and O–H groups in total. The van der Waals surface area contributed by atoms with Crippen molar-refractivity contribution in [3.63, 3.8) is 0 Å². The van der Waals surface area contributed by atoms with Gasteiger partial charge in [0.15, 0.2) is 5.78 Å². The van der Waals surface area contributed by atoms with Crippen molar-refractivity contribution in [2.45, 2.75) is 25.2 Å². The molecule has 0 saturated heterocycles. The Labute approximate surface area is 114 Å². The quantitative estimate of drug-likeness (QED) is 0.655. The van der Waals surface area contributed by atoms with Crippen LogP contribution in [0.3, 0.4) is 0 Å². The van der Waals surface area contributed by atoms with Gasteiger partial charge in [0.1, 0.15) is 0 Å². The van der Waals surface area contributed by atoms with Crippen LogP contribution in [0.1, 0.15) is 24.2 Å². The molecule has 2 atom stereocenters. The second-order valence-electron chi connectivity index (χ2n) is 3.69. The smallest absolute Gasteiger partial charge is 0.172 e. The van der Waals surface area contributed by atoms with E-state index < -0.39 is 0 Å². The van der Waals surface area contributed by atoms with Crippen LogP contribution in [0, 0.1) is 3.57 Å². The van der Waals surface area contributed by atoms with Crippen molar-refractivity contribution < 1.29 is 9.90 Å². The van der Waals surface area contributed by atoms with E-state index in [0.29, 0.717) is 5.75 Å². The maximum Gasteiger partial charge on any atom is 0.172 e. The van der Waals surface area contributed by atoms with Crippen LogP contribution in [-0.2, 0) is 0 Å². The lowest BCUT2D eigenvalue weighted by Crippen LogP contribution is -2.17. The lowest BCUT2D eigenvalue weighted by atomic mass is 10.2. The molecule has 2 nitrogen and oxygen atoms in total. The summed E-state index contributed by atoms with van der Waals surface area (Å²) in [5, 5.41) is 9.40. The van der Waals surface area contributed by atoms with Crippen molar-refractivity contribution in [2.75, 3.05) is 5.75 Å². The first-order valence-corrected chi connectivity index (χ1v) is 7.22. The Bertz CT molecular complexity index is 349. The summed E-state index contributed by atoms with van der Waals surface area (Å²) in [4.78, 5) is 11.8. The van der Waals surface area contributed by atoms with Gasteiger partial charge in [-0.05, 0) is 41.6 Å². The molecule has 0 bridgehead atoms. The molecular weight excluding hydrogens is 335 g/mol. The van der Waals surface area contributed by atoms with E-state index >= 15 is 0 Å². The number of ketones is 1. The Morgan fingerprint density at radius 2 is 1.94 bits per heavy atom. The molecule has 4 heteroatoms. The molecule has 0 aliphatic heterocycles. The Morgan fingerprint density at radius 1 is 1.38 bits per heavy atom. The molecule has 1 rings (SSSR count). The fourth-order valence-electron chi connectivity index (χ4n) is 1.07. The Kier molecular flexibility index (Phi) is 5.78. The van der Waals surface area contributed by atoms with E-state index in [0.717, 1.165) is 9.13 Å². The fraction of sp³-hybridized carbons (Fsp3) is 0.417. The van der Waals surface area contributed by atoms with Gasteiger partial charge in [0, 0.05) is 14.4 Å². The van der Waals surface area contributed by atoms with Gasteiger partial charge in [-0.15, -0.1) is 11.8 Å². The van der Waals surface area contributed by atoms with Crippen LogP contribution in [-0.4, -0.2) is 28.0 Å². The van der Waals surface area contributed by atoms with Crippen molar-refractivity contribution in [3.05, 3.63) is 33.4 Å². The average Bonchev–Trinajstić information content (AvgIpc) is 2.26. The topological polar surface area (TPSA) is 37.3 Å². The molecule has 0 spiro atoms. The van der Waals surface area contributed by atoms with Crippen LogP contribution >= 0.6 is 34.4 Å². The van der Waals surface area contributed by atoms with Crippen molar-refractivity contribution in [1.29, 1.82) is 0 Å². The molecule has 0 amide bonds. The summed E-state index contributed by atoms with van der Waals surface area (Å²) in [5.41, 5.74) is 0.741. The van der Waals surface area contributed by atoms with E-state index in [1.54, 1.807) is 6.92 Å². The summed E-state index contributed by atoms with van der Waals surface area (Å²) in [5.74, 6) is 0.543. The first-order chi connectivity index (χ1) is 7.50. The number of carbonyl (C=O) groups is 1.